The van der Waals surface area contributed by atoms with Crippen molar-refractivity contribution < 1.29 is 18.7 Å². The van der Waals surface area contributed by atoms with Crippen molar-refractivity contribution in [3.63, 3.8) is 0 Å². The second-order valence-corrected chi connectivity index (χ2v) is 8.46. The highest BCUT2D eigenvalue weighted by atomic mass is 16.5. The Hall–Kier alpha value is -4.06. The molecule has 1 saturated heterocycles. The number of rotatable bonds is 4. The molecule has 0 saturated carbocycles. The lowest BCUT2D eigenvalue weighted by molar-refractivity contribution is -0.113. The molecule has 3 aliphatic rings. The minimum Gasteiger partial charge on any atom is -0.457 e. The Bertz CT molecular complexity index is 1290. The Labute approximate surface area is 191 Å². The number of esters is 1. The largest absolute Gasteiger partial charge is 0.457 e. The summed E-state index contributed by atoms with van der Waals surface area (Å²) in [6.45, 7) is 1.39. The fraction of sp³-hybridized carbons (Fsp3) is 0.185. The van der Waals surface area contributed by atoms with Crippen LogP contribution >= 0.6 is 0 Å². The molecule has 1 atom stereocenters. The highest BCUT2D eigenvalue weighted by Gasteiger charge is 2.41. The predicted molar refractivity (Wildman–Crippen MR) is 125 cm³/mol. The van der Waals surface area contributed by atoms with E-state index in [1.54, 1.807) is 12.1 Å². The van der Waals surface area contributed by atoms with Crippen molar-refractivity contribution in [2.24, 2.45) is 0 Å². The van der Waals surface area contributed by atoms with Crippen molar-refractivity contribution in [3.8, 4) is 0 Å². The van der Waals surface area contributed by atoms with Crippen molar-refractivity contribution >= 4 is 28.8 Å². The molecule has 0 unspecified atom stereocenters. The molecule has 3 aromatic rings. The molecule has 4 heterocycles. The number of carbonyl (C=O) groups excluding carboxylic acids is 2. The van der Waals surface area contributed by atoms with Gasteiger partial charge in [0.1, 0.15) is 6.26 Å². The Morgan fingerprint density at radius 2 is 1.91 bits per heavy atom. The number of carbonyl (C=O) groups is 2. The normalized spacial score (nSPS) is 19.9. The lowest BCUT2D eigenvalue weighted by Crippen LogP contribution is -2.31. The van der Waals surface area contributed by atoms with Crippen LogP contribution in [0.3, 0.4) is 0 Å². The first-order chi connectivity index (χ1) is 16.2. The summed E-state index contributed by atoms with van der Waals surface area (Å²) in [5.74, 6) is -0.444. The van der Waals surface area contributed by atoms with Gasteiger partial charge in [-0.3, -0.25) is 4.79 Å². The van der Waals surface area contributed by atoms with Crippen LogP contribution in [-0.2, 0) is 16.1 Å². The molecule has 6 rings (SSSR count). The summed E-state index contributed by atoms with van der Waals surface area (Å²) in [5.41, 5.74) is 5.48. The molecule has 33 heavy (non-hydrogen) atoms. The minimum atomic E-state index is -0.554. The molecule has 0 bridgehead atoms. The molecule has 6 heteroatoms. The maximum absolute atomic E-state index is 13.6. The van der Waals surface area contributed by atoms with Crippen molar-refractivity contribution in [2.45, 2.75) is 25.4 Å². The minimum absolute atomic E-state index is 0.0364. The second kappa shape index (κ2) is 7.81. The summed E-state index contributed by atoms with van der Waals surface area (Å²) in [5, 5.41) is 0. The van der Waals surface area contributed by atoms with Crippen LogP contribution in [0.2, 0.25) is 0 Å². The number of ether oxygens (including phenoxy) is 1. The van der Waals surface area contributed by atoms with E-state index in [0.717, 1.165) is 47.5 Å². The van der Waals surface area contributed by atoms with Crippen LogP contribution in [0.25, 0.3) is 5.57 Å². The molecule has 0 N–H and O–H groups in total. The fourth-order valence-corrected chi connectivity index (χ4v) is 5.04. The summed E-state index contributed by atoms with van der Waals surface area (Å²) >= 11 is 0. The number of benzene rings is 2. The van der Waals surface area contributed by atoms with Crippen LogP contribution in [0.5, 0.6) is 0 Å². The van der Waals surface area contributed by atoms with Gasteiger partial charge in [-0.25, -0.2) is 4.79 Å². The average molecular weight is 438 g/mol. The van der Waals surface area contributed by atoms with E-state index in [4.69, 9.17) is 9.15 Å². The zero-order chi connectivity index (χ0) is 22.4. The summed E-state index contributed by atoms with van der Waals surface area (Å²) in [7, 11) is 0. The van der Waals surface area contributed by atoms with Crippen LogP contribution < -0.4 is 9.80 Å². The van der Waals surface area contributed by atoms with Crippen LogP contribution in [0, 0.1) is 0 Å². The maximum atomic E-state index is 13.6. The van der Waals surface area contributed by atoms with Crippen molar-refractivity contribution in [1.29, 1.82) is 0 Å². The molecule has 2 aromatic carbocycles. The number of nitrogens with zero attached hydrogens (tertiary/aromatic N) is 2. The highest BCUT2D eigenvalue weighted by molar-refractivity contribution is 6.34. The SMILES string of the molecule is O=C(O/C=C1\C=C2C(=O)N(Cc3ccccc3)c3cccc(c32)N2CCC[C@@H]12)c1ccco1. The number of amides is 1. The molecular formula is C27H22N2O4. The van der Waals surface area contributed by atoms with E-state index < -0.39 is 5.97 Å². The van der Waals surface area contributed by atoms with Gasteiger partial charge in [-0.2, -0.15) is 0 Å². The third-order valence-electron chi connectivity index (χ3n) is 6.52. The first-order valence-electron chi connectivity index (χ1n) is 11.1. The lowest BCUT2D eigenvalue weighted by Gasteiger charge is -2.28. The first kappa shape index (κ1) is 19.6. The number of hydrogen-bond acceptors (Lipinski definition) is 5. The number of hydrogen-bond donors (Lipinski definition) is 0. The van der Waals surface area contributed by atoms with Gasteiger partial charge in [-0.1, -0.05) is 36.4 Å². The number of furan rings is 1. The van der Waals surface area contributed by atoms with Crippen LogP contribution in [0.1, 0.15) is 34.5 Å². The van der Waals surface area contributed by atoms with E-state index in [9.17, 15) is 9.59 Å². The standard InChI is InChI=1S/C27H22N2O4/c30-26-20-15-19(17-33-27(31)24-12-6-14-32-24)21-11-5-13-28(21)22-9-4-10-23(25(20)22)29(26)16-18-7-2-1-3-8-18/h1-4,6-10,12,14-15,17,21H,5,11,13,16H2/b19-17+/t21-/m0/s1. The maximum Gasteiger partial charge on any atom is 0.379 e. The molecular weight excluding hydrogens is 416 g/mol. The van der Waals surface area contributed by atoms with Gasteiger partial charge in [0.15, 0.2) is 0 Å². The average Bonchev–Trinajstić information content (AvgIpc) is 3.58. The number of fused-ring (bicyclic) bond motifs is 2. The van der Waals surface area contributed by atoms with Gasteiger partial charge in [0.2, 0.25) is 5.76 Å². The second-order valence-electron chi connectivity index (χ2n) is 8.46. The van der Waals surface area contributed by atoms with Gasteiger partial charge in [0.05, 0.1) is 30.1 Å². The van der Waals surface area contributed by atoms with E-state index in [0.29, 0.717) is 12.1 Å². The van der Waals surface area contributed by atoms with Gasteiger partial charge < -0.3 is 19.0 Å². The Balaban J connectivity index is 1.42. The van der Waals surface area contributed by atoms with Crippen LogP contribution in [0.4, 0.5) is 11.4 Å². The number of anilines is 2. The van der Waals surface area contributed by atoms with E-state index >= 15 is 0 Å². The topological polar surface area (TPSA) is 63.0 Å². The quantitative estimate of drug-likeness (QED) is 0.427. The summed E-state index contributed by atoms with van der Waals surface area (Å²) in [6.07, 6.45) is 6.79. The molecule has 6 nitrogen and oxygen atoms in total. The molecule has 1 amide bonds. The van der Waals surface area contributed by atoms with Gasteiger partial charge >= 0.3 is 5.97 Å². The van der Waals surface area contributed by atoms with Gasteiger partial charge in [0, 0.05) is 23.4 Å². The van der Waals surface area contributed by atoms with Crippen molar-refractivity contribution in [2.75, 3.05) is 16.3 Å². The Kier molecular flexibility index (Phi) is 4.64. The third kappa shape index (κ3) is 3.26. The summed E-state index contributed by atoms with van der Waals surface area (Å²) < 4.78 is 10.6. The first-order valence-corrected chi connectivity index (χ1v) is 11.1. The highest BCUT2D eigenvalue weighted by Crippen LogP contribution is 2.48. The Morgan fingerprint density at radius 1 is 1.06 bits per heavy atom. The summed E-state index contributed by atoms with van der Waals surface area (Å²) in [4.78, 5) is 30.1. The zero-order valence-corrected chi connectivity index (χ0v) is 17.9. The lowest BCUT2D eigenvalue weighted by atomic mass is 10.0. The monoisotopic (exact) mass is 438 g/mol. The fourth-order valence-electron chi connectivity index (χ4n) is 5.04. The van der Waals surface area contributed by atoms with Gasteiger partial charge in [-0.05, 0) is 48.7 Å². The van der Waals surface area contributed by atoms with E-state index in [2.05, 4.69) is 11.0 Å². The van der Waals surface area contributed by atoms with Crippen molar-refractivity contribution in [1.82, 2.24) is 0 Å². The predicted octanol–water partition coefficient (Wildman–Crippen LogP) is 4.93. The summed E-state index contributed by atoms with van der Waals surface area (Å²) in [6, 6.07) is 19.4. The molecule has 3 aliphatic heterocycles. The molecule has 1 fully saturated rings. The van der Waals surface area contributed by atoms with Crippen LogP contribution in [-0.4, -0.2) is 24.5 Å². The zero-order valence-electron chi connectivity index (χ0n) is 17.9. The van der Waals surface area contributed by atoms with Crippen LogP contribution in [0.15, 0.2) is 89.3 Å². The molecule has 164 valence electrons. The van der Waals surface area contributed by atoms with Gasteiger partial charge in [0.25, 0.3) is 5.91 Å². The van der Waals surface area contributed by atoms with E-state index in [1.165, 1.54) is 12.5 Å². The van der Waals surface area contributed by atoms with Gasteiger partial charge in [-0.15, -0.1) is 0 Å². The third-order valence-corrected chi connectivity index (χ3v) is 6.52. The van der Waals surface area contributed by atoms with E-state index in [-0.39, 0.29) is 17.7 Å². The molecule has 0 spiro atoms. The molecule has 0 aliphatic carbocycles. The van der Waals surface area contributed by atoms with E-state index in [1.807, 2.05) is 53.4 Å². The van der Waals surface area contributed by atoms with Crippen molar-refractivity contribution in [3.05, 3.63) is 102 Å². The molecule has 0 radical (unpaired) electrons. The molecule has 1 aromatic heterocycles. The Morgan fingerprint density at radius 3 is 2.73 bits per heavy atom. The smallest absolute Gasteiger partial charge is 0.379 e.